The lowest BCUT2D eigenvalue weighted by Crippen LogP contribution is -2.28. The predicted octanol–water partition coefficient (Wildman–Crippen LogP) is 2.92. The smallest absolute Gasteiger partial charge is 0.324 e. The molecule has 0 saturated heterocycles. The molecule has 0 atom stereocenters. The number of nitrogens with zero attached hydrogens (tertiary/aromatic N) is 4. The van der Waals surface area contributed by atoms with Crippen molar-refractivity contribution in [3.05, 3.63) is 77.2 Å². The molecule has 0 radical (unpaired) electrons. The third-order valence-electron chi connectivity index (χ3n) is 4.16. The summed E-state index contributed by atoms with van der Waals surface area (Å²) >= 11 is 1.59. The number of aromatic nitrogens is 4. The summed E-state index contributed by atoms with van der Waals surface area (Å²) in [6.07, 6.45) is 1.97. The second-order valence-corrected chi connectivity index (χ2v) is 6.95. The fourth-order valence-electron chi connectivity index (χ4n) is 2.81. The average Bonchev–Trinajstić information content (AvgIpc) is 3.03. The average molecular weight is 391 g/mol. The lowest BCUT2D eigenvalue weighted by molar-refractivity contribution is -0.117. The highest BCUT2D eigenvalue weighted by molar-refractivity contribution is 7.98. The molecule has 1 amide bonds. The Morgan fingerprint density at radius 3 is 2.64 bits per heavy atom. The van der Waals surface area contributed by atoms with E-state index in [0.29, 0.717) is 17.0 Å². The molecule has 7 nitrogen and oxygen atoms in total. The van der Waals surface area contributed by atoms with E-state index in [-0.39, 0.29) is 12.5 Å². The van der Waals surface area contributed by atoms with E-state index < -0.39 is 5.69 Å². The van der Waals surface area contributed by atoms with Gasteiger partial charge in [-0.15, -0.1) is 16.9 Å². The van der Waals surface area contributed by atoms with Gasteiger partial charge in [-0.05, 0) is 36.6 Å². The zero-order valence-electron chi connectivity index (χ0n) is 15.1. The molecule has 0 unspecified atom stereocenters. The van der Waals surface area contributed by atoms with Crippen LogP contribution in [-0.4, -0.2) is 31.6 Å². The fourth-order valence-corrected chi connectivity index (χ4v) is 3.27. The van der Waals surface area contributed by atoms with Gasteiger partial charge < -0.3 is 5.32 Å². The van der Waals surface area contributed by atoms with E-state index in [4.69, 9.17) is 0 Å². The van der Waals surface area contributed by atoms with Crippen LogP contribution in [0.25, 0.3) is 16.9 Å². The van der Waals surface area contributed by atoms with Crippen LogP contribution < -0.4 is 11.0 Å². The van der Waals surface area contributed by atoms with Gasteiger partial charge in [-0.2, -0.15) is 9.61 Å². The SMILES string of the molecule is CSc1cccc(NC(=O)Cn2nc3ccc(-c4ccccc4)nn3c2=O)c1. The third kappa shape index (κ3) is 3.67. The number of nitrogens with one attached hydrogen (secondary N) is 1. The number of rotatable bonds is 5. The highest BCUT2D eigenvalue weighted by Crippen LogP contribution is 2.19. The van der Waals surface area contributed by atoms with Crippen LogP contribution in [0, 0.1) is 0 Å². The van der Waals surface area contributed by atoms with E-state index in [9.17, 15) is 9.59 Å². The molecule has 140 valence electrons. The van der Waals surface area contributed by atoms with Crippen LogP contribution in [0.3, 0.4) is 0 Å². The summed E-state index contributed by atoms with van der Waals surface area (Å²) in [6.45, 7) is -0.188. The van der Waals surface area contributed by atoms with Crippen molar-refractivity contribution >= 4 is 29.0 Å². The Balaban J connectivity index is 1.58. The van der Waals surface area contributed by atoms with Gasteiger partial charge in [0.25, 0.3) is 0 Å². The number of carbonyl (C=O) groups is 1. The number of benzene rings is 2. The summed E-state index contributed by atoms with van der Waals surface area (Å²) in [5.41, 5.74) is 2.17. The zero-order chi connectivity index (χ0) is 19.5. The Hall–Kier alpha value is -3.39. The molecule has 8 heteroatoms. The van der Waals surface area contributed by atoms with E-state index in [0.717, 1.165) is 15.1 Å². The molecule has 2 heterocycles. The van der Waals surface area contributed by atoms with Crippen molar-refractivity contribution in [1.29, 1.82) is 0 Å². The number of hydrogen-bond acceptors (Lipinski definition) is 5. The van der Waals surface area contributed by atoms with Gasteiger partial charge in [0, 0.05) is 16.1 Å². The Kier molecular flexibility index (Phi) is 4.94. The first kappa shape index (κ1) is 18.0. The van der Waals surface area contributed by atoms with E-state index in [1.165, 1.54) is 4.52 Å². The minimum absolute atomic E-state index is 0.188. The molecule has 0 aliphatic heterocycles. The van der Waals surface area contributed by atoms with Crippen LogP contribution in [0.4, 0.5) is 5.69 Å². The molecule has 28 heavy (non-hydrogen) atoms. The highest BCUT2D eigenvalue weighted by Gasteiger charge is 2.13. The van der Waals surface area contributed by atoms with E-state index >= 15 is 0 Å². The summed E-state index contributed by atoms with van der Waals surface area (Å²) < 4.78 is 2.33. The first-order valence-corrected chi connectivity index (χ1v) is 9.83. The topological polar surface area (TPSA) is 81.3 Å². The van der Waals surface area contributed by atoms with Crippen LogP contribution in [-0.2, 0) is 11.3 Å². The second kappa shape index (κ2) is 7.69. The molecule has 2 aromatic carbocycles. The summed E-state index contributed by atoms with van der Waals surface area (Å²) in [5.74, 6) is -0.327. The van der Waals surface area contributed by atoms with E-state index in [1.807, 2.05) is 54.8 Å². The van der Waals surface area contributed by atoms with Crippen LogP contribution in [0.15, 0.2) is 76.4 Å². The van der Waals surface area contributed by atoms with Crippen LogP contribution in [0.1, 0.15) is 0 Å². The lowest BCUT2D eigenvalue weighted by Gasteiger charge is -2.05. The molecule has 0 aliphatic carbocycles. The first-order valence-electron chi connectivity index (χ1n) is 8.60. The van der Waals surface area contributed by atoms with Gasteiger partial charge in [0.2, 0.25) is 5.91 Å². The summed E-state index contributed by atoms with van der Waals surface area (Å²) in [7, 11) is 0. The molecular weight excluding hydrogens is 374 g/mol. The number of thioether (sulfide) groups is 1. The number of carbonyl (C=O) groups excluding carboxylic acids is 1. The number of fused-ring (bicyclic) bond motifs is 1. The number of amides is 1. The lowest BCUT2D eigenvalue weighted by atomic mass is 10.1. The van der Waals surface area contributed by atoms with E-state index in [2.05, 4.69) is 15.5 Å². The number of anilines is 1. The van der Waals surface area contributed by atoms with Crippen molar-refractivity contribution in [2.45, 2.75) is 11.4 Å². The predicted molar refractivity (Wildman–Crippen MR) is 110 cm³/mol. The molecule has 4 aromatic rings. The molecule has 4 rings (SSSR count). The summed E-state index contributed by atoms with van der Waals surface area (Å²) in [5, 5.41) is 11.4. The van der Waals surface area contributed by atoms with Crippen LogP contribution in [0.2, 0.25) is 0 Å². The maximum absolute atomic E-state index is 12.6. The monoisotopic (exact) mass is 391 g/mol. The molecule has 0 bridgehead atoms. The van der Waals surface area contributed by atoms with Crippen molar-refractivity contribution in [3.63, 3.8) is 0 Å². The minimum atomic E-state index is -0.458. The maximum atomic E-state index is 12.6. The maximum Gasteiger partial charge on any atom is 0.367 e. The van der Waals surface area contributed by atoms with Crippen molar-refractivity contribution in [2.24, 2.45) is 0 Å². The Bertz CT molecular complexity index is 1200. The van der Waals surface area contributed by atoms with Gasteiger partial charge >= 0.3 is 5.69 Å². The molecular formula is C20H17N5O2S. The Morgan fingerprint density at radius 2 is 1.86 bits per heavy atom. The van der Waals surface area contributed by atoms with Gasteiger partial charge in [0.15, 0.2) is 5.65 Å². The van der Waals surface area contributed by atoms with Crippen molar-refractivity contribution in [3.8, 4) is 11.3 Å². The van der Waals surface area contributed by atoms with Gasteiger partial charge in [-0.3, -0.25) is 4.79 Å². The molecule has 0 fully saturated rings. The van der Waals surface area contributed by atoms with Gasteiger partial charge in [0.1, 0.15) is 6.54 Å². The molecule has 1 N–H and O–H groups in total. The zero-order valence-corrected chi connectivity index (χ0v) is 15.9. The van der Waals surface area contributed by atoms with Crippen LogP contribution in [0.5, 0.6) is 0 Å². The molecule has 2 aromatic heterocycles. The standard InChI is InChI=1S/C20H17N5O2S/c1-28-16-9-5-8-15(12-16)21-19(26)13-24-20(27)25-18(23-24)11-10-17(22-25)14-6-3-2-4-7-14/h2-12H,13H2,1H3,(H,21,26). The van der Waals surface area contributed by atoms with Crippen LogP contribution >= 0.6 is 11.8 Å². The fraction of sp³-hybridized carbons (Fsp3) is 0.100. The van der Waals surface area contributed by atoms with Crippen molar-refractivity contribution < 1.29 is 4.79 Å². The molecule has 0 saturated carbocycles. The summed E-state index contributed by atoms with van der Waals surface area (Å²) in [4.78, 5) is 26.0. The van der Waals surface area contributed by atoms with Gasteiger partial charge in [-0.25, -0.2) is 9.48 Å². The Morgan fingerprint density at radius 1 is 1.04 bits per heavy atom. The van der Waals surface area contributed by atoms with Crippen molar-refractivity contribution in [2.75, 3.05) is 11.6 Å². The summed E-state index contributed by atoms with van der Waals surface area (Å²) in [6, 6.07) is 20.6. The molecule has 0 spiro atoms. The largest absolute Gasteiger partial charge is 0.367 e. The normalized spacial score (nSPS) is 10.9. The quantitative estimate of drug-likeness (QED) is 0.529. The highest BCUT2D eigenvalue weighted by atomic mass is 32.2. The Labute approximate surface area is 165 Å². The number of hydrogen-bond donors (Lipinski definition) is 1. The van der Waals surface area contributed by atoms with Gasteiger partial charge in [-0.1, -0.05) is 36.4 Å². The minimum Gasteiger partial charge on any atom is -0.324 e. The van der Waals surface area contributed by atoms with Crippen molar-refractivity contribution in [1.82, 2.24) is 19.4 Å². The first-order chi connectivity index (χ1) is 13.6. The molecule has 0 aliphatic rings. The van der Waals surface area contributed by atoms with E-state index in [1.54, 1.807) is 30.0 Å². The van der Waals surface area contributed by atoms with Gasteiger partial charge in [0.05, 0.1) is 5.69 Å². The second-order valence-electron chi connectivity index (χ2n) is 6.07. The third-order valence-corrected chi connectivity index (χ3v) is 4.88.